The van der Waals surface area contributed by atoms with E-state index in [0.717, 1.165) is 0 Å². The summed E-state index contributed by atoms with van der Waals surface area (Å²) in [5.74, 6) is -1.04. The predicted octanol–water partition coefficient (Wildman–Crippen LogP) is 2.14. The van der Waals surface area contributed by atoms with Gasteiger partial charge in [-0.15, -0.1) is 3.89 Å². The molecule has 0 aliphatic heterocycles. The number of halogens is 2. The van der Waals surface area contributed by atoms with Gasteiger partial charge in [-0.3, -0.25) is 0 Å². The van der Waals surface area contributed by atoms with Crippen LogP contribution in [0.3, 0.4) is 0 Å². The highest BCUT2D eigenvalue weighted by Crippen LogP contribution is 2.05. The van der Waals surface area contributed by atoms with Gasteiger partial charge in [0.25, 0.3) is 0 Å². The third-order valence-electron chi connectivity index (χ3n) is 1.48. The van der Waals surface area contributed by atoms with Gasteiger partial charge in [0.1, 0.15) is 5.82 Å². The van der Waals surface area contributed by atoms with Crippen molar-refractivity contribution in [3.8, 4) is 0 Å². The lowest BCUT2D eigenvalue weighted by atomic mass is 10.2. The Morgan fingerprint density at radius 2 is 1.79 bits per heavy atom. The van der Waals surface area contributed by atoms with Gasteiger partial charge in [-0.1, -0.05) is 24.3 Å². The van der Waals surface area contributed by atoms with Gasteiger partial charge in [0, 0.05) is 0 Å². The molecule has 0 spiro atoms. The van der Waals surface area contributed by atoms with Crippen molar-refractivity contribution in [1.82, 2.24) is 0 Å². The zero-order valence-corrected chi connectivity index (χ0v) is 7.97. The molecular weight excluding hydrogens is 210 g/mol. The van der Waals surface area contributed by atoms with Crippen LogP contribution in [0.15, 0.2) is 30.3 Å². The molecule has 1 rings (SSSR count). The number of hydrogen-bond donors (Lipinski definition) is 0. The molecule has 0 fully saturated rings. The molecule has 1 aromatic rings. The molecule has 5 heteroatoms. The summed E-state index contributed by atoms with van der Waals surface area (Å²) in [6.07, 6.45) is 2.58. The van der Waals surface area contributed by atoms with Crippen molar-refractivity contribution in [2.75, 3.05) is 5.75 Å². The van der Waals surface area contributed by atoms with Crippen LogP contribution < -0.4 is 0 Å². The number of rotatable bonds is 3. The lowest BCUT2D eigenvalue weighted by Gasteiger charge is -1.91. The highest BCUT2D eigenvalue weighted by atomic mass is 32.3. The maximum Gasteiger partial charge on any atom is 0.305 e. The van der Waals surface area contributed by atoms with Crippen LogP contribution in [0, 0.1) is 5.82 Å². The monoisotopic (exact) mass is 218 g/mol. The van der Waals surface area contributed by atoms with E-state index in [1.54, 1.807) is 0 Å². The van der Waals surface area contributed by atoms with E-state index in [1.165, 1.54) is 36.4 Å². The van der Waals surface area contributed by atoms with Gasteiger partial charge >= 0.3 is 10.2 Å². The van der Waals surface area contributed by atoms with Crippen molar-refractivity contribution in [2.24, 2.45) is 0 Å². The van der Waals surface area contributed by atoms with Gasteiger partial charge in [-0.2, -0.15) is 8.42 Å². The average molecular weight is 218 g/mol. The fourth-order valence-electron chi connectivity index (χ4n) is 0.873. The van der Waals surface area contributed by atoms with Crippen molar-refractivity contribution >= 4 is 16.3 Å². The minimum absolute atomic E-state index is 0.375. The first-order chi connectivity index (χ1) is 6.47. The second kappa shape index (κ2) is 4.32. The maximum absolute atomic E-state index is 12.4. The normalized spacial score (nSPS) is 12.1. The lowest BCUT2D eigenvalue weighted by molar-refractivity contribution is 0.555. The van der Waals surface area contributed by atoms with E-state index in [0.29, 0.717) is 5.56 Å². The molecule has 1 aromatic carbocycles. The summed E-state index contributed by atoms with van der Waals surface area (Å²) in [4.78, 5) is 0. The van der Waals surface area contributed by atoms with Crippen LogP contribution in [0.1, 0.15) is 5.56 Å². The quantitative estimate of drug-likeness (QED) is 0.728. The molecule has 0 atom stereocenters. The number of hydrogen-bond acceptors (Lipinski definition) is 2. The Bertz CT molecular complexity index is 421. The first kappa shape index (κ1) is 10.8. The van der Waals surface area contributed by atoms with Crippen molar-refractivity contribution in [1.29, 1.82) is 0 Å². The minimum atomic E-state index is -4.46. The smallest absolute Gasteiger partial charge is 0.207 e. The Morgan fingerprint density at radius 1 is 1.21 bits per heavy atom. The predicted molar refractivity (Wildman–Crippen MR) is 50.3 cm³/mol. The SMILES string of the molecule is O=S(=O)(F)CC=Cc1ccc(F)cc1. The van der Waals surface area contributed by atoms with Gasteiger partial charge in [0.05, 0.1) is 5.75 Å². The average Bonchev–Trinajstić information content (AvgIpc) is 2.06. The Morgan fingerprint density at radius 3 is 2.29 bits per heavy atom. The third-order valence-corrected chi connectivity index (χ3v) is 2.07. The Hall–Kier alpha value is -1.23. The van der Waals surface area contributed by atoms with Crippen LogP contribution >= 0.6 is 0 Å². The lowest BCUT2D eigenvalue weighted by Crippen LogP contribution is -1.93. The summed E-state index contributed by atoms with van der Waals surface area (Å²) < 4.78 is 44.6. The highest BCUT2D eigenvalue weighted by Gasteiger charge is 2.01. The highest BCUT2D eigenvalue weighted by molar-refractivity contribution is 7.86. The van der Waals surface area contributed by atoms with Gasteiger partial charge in [-0.05, 0) is 17.7 Å². The molecule has 14 heavy (non-hydrogen) atoms. The molecular formula is C9H8F2O2S. The molecule has 76 valence electrons. The standard InChI is InChI=1S/C9H8F2O2S/c10-9-5-3-8(4-6-9)2-1-7-14(11,12)13/h1-6H,7H2. The van der Waals surface area contributed by atoms with Crippen LogP contribution in [0.4, 0.5) is 8.28 Å². The summed E-state index contributed by atoms with van der Waals surface area (Å²) in [6, 6.07) is 5.42. The van der Waals surface area contributed by atoms with Gasteiger partial charge < -0.3 is 0 Å². The fraction of sp³-hybridized carbons (Fsp3) is 0.111. The molecule has 0 heterocycles. The van der Waals surface area contributed by atoms with Crippen molar-refractivity contribution < 1.29 is 16.7 Å². The summed E-state index contributed by atoms with van der Waals surface area (Å²) in [7, 11) is -4.46. The van der Waals surface area contributed by atoms with Gasteiger partial charge in [-0.25, -0.2) is 4.39 Å². The van der Waals surface area contributed by atoms with Crippen LogP contribution in [-0.4, -0.2) is 14.2 Å². The van der Waals surface area contributed by atoms with Crippen molar-refractivity contribution in [3.63, 3.8) is 0 Å². The van der Waals surface area contributed by atoms with Crippen molar-refractivity contribution in [2.45, 2.75) is 0 Å². The molecule has 0 saturated carbocycles. The topological polar surface area (TPSA) is 34.1 Å². The van der Waals surface area contributed by atoms with E-state index in [-0.39, 0.29) is 5.82 Å². The van der Waals surface area contributed by atoms with E-state index in [9.17, 15) is 16.7 Å². The minimum Gasteiger partial charge on any atom is -0.207 e. The Kier molecular flexibility index (Phi) is 3.35. The van der Waals surface area contributed by atoms with Crippen molar-refractivity contribution in [3.05, 3.63) is 41.7 Å². The zero-order chi connectivity index (χ0) is 10.6. The summed E-state index contributed by atoms with van der Waals surface area (Å²) in [6.45, 7) is 0. The molecule has 0 bridgehead atoms. The Balaban J connectivity index is 2.65. The largest absolute Gasteiger partial charge is 0.305 e. The fourth-order valence-corrected chi connectivity index (χ4v) is 1.20. The number of benzene rings is 1. The zero-order valence-electron chi connectivity index (χ0n) is 7.15. The van der Waals surface area contributed by atoms with E-state index >= 15 is 0 Å². The molecule has 0 aliphatic rings. The molecule has 0 unspecified atom stereocenters. The van der Waals surface area contributed by atoms with Crippen LogP contribution in [0.25, 0.3) is 6.08 Å². The molecule has 0 amide bonds. The second-order valence-corrected chi connectivity index (χ2v) is 4.07. The molecule has 2 nitrogen and oxygen atoms in total. The van der Waals surface area contributed by atoms with E-state index in [1.807, 2.05) is 0 Å². The molecule has 0 saturated heterocycles. The summed E-state index contributed by atoms with van der Waals surface area (Å²) in [5.41, 5.74) is 0.620. The van der Waals surface area contributed by atoms with E-state index in [4.69, 9.17) is 0 Å². The molecule has 0 aromatic heterocycles. The first-order valence-corrected chi connectivity index (χ1v) is 5.37. The van der Waals surface area contributed by atoms with E-state index < -0.39 is 16.0 Å². The summed E-state index contributed by atoms with van der Waals surface area (Å²) >= 11 is 0. The molecule has 0 radical (unpaired) electrons. The van der Waals surface area contributed by atoms with Gasteiger partial charge in [0.15, 0.2) is 0 Å². The van der Waals surface area contributed by atoms with E-state index in [2.05, 4.69) is 0 Å². The Labute approximate surface area is 81.1 Å². The first-order valence-electron chi connectivity index (χ1n) is 3.82. The maximum atomic E-state index is 12.4. The summed E-state index contributed by atoms with van der Waals surface area (Å²) in [5, 5.41) is 0. The molecule has 0 aliphatic carbocycles. The molecule has 0 N–H and O–H groups in total. The second-order valence-electron chi connectivity index (χ2n) is 2.66. The van der Waals surface area contributed by atoms with Crippen LogP contribution in [0.5, 0.6) is 0 Å². The van der Waals surface area contributed by atoms with Gasteiger partial charge in [0.2, 0.25) is 0 Å². The third kappa shape index (κ3) is 4.13. The van der Waals surface area contributed by atoms with Crippen LogP contribution in [0.2, 0.25) is 0 Å². The van der Waals surface area contributed by atoms with Crippen LogP contribution in [-0.2, 0) is 10.2 Å².